The molecule has 0 aliphatic heterocycles. The second kappa shape index (κ2) is 10.6. The third-order valence-corrected chi connectivity index (χ3v) is 5.95. The molecule has 31 heavy (non-hydrogen) atoms. The molecule has 0 atom stereocenters. The zero-order chi connectivity index (χ0) is 22.4. The Kier molecular flexibility index (Phi) is 7.88. The average molecular weight is 429 g/mol. The summed E-state index contributed by atoms with van der Waals surface area (Å²) in [5.41, 5.74) is 0.827. The highest BCUT2D eigenvalue weighted by atomic mass is 19.1. The molecule has 0 bridgehead atoms. The molecule has 1 fully saturated rings. The van der Waals surface area contributed by atoms with Gasteiger partial charge in [0.05, 0.1) is 6.54 Å². The number of carbonyl (C=O) groups excluding carboxylic acids is 2. The number of hydrogen-bond acceptors (Lipinski definition) is 3. The van der Waals surface area contributed by atoms with Crippen LogP contribution in [-0.2, 0) is 22.7 Å². The zero-order valence-electron chi connectivity index (χ0n) is 18.8. The minimum Gasteiger partial charge on any atom is -0.464 e. The van der Waals surface area contributed by atoms with Gasteiger partial charge >= 0.3 is 0 Å². The molecule has 0 radical (unpaired) electrons. The number of rotatable bonds is 8. The number of furan rings is 1. The number of nitrogens with zero attached hydrogens (tertiary/aromatic N) is 2. The molecule has 1 saturated carbocycles. The van der Waals surface area contributed by atoms with Crippen LogP contribution in [-0.4, -0.2) is 34.2 Å². The highest BCUT2D eigenvalue weighted by molar-refractivity contribution is 5.86. The molecule has 1 aromatic heterocycles. The van der Waals surface area contributed by atoms with Gasteiger partial charge in [0.25, 0.3) is 0 Å². The molecular formula is C25H33FN2O3. The lowest BCUT2D eigenvalue weighted by molar-refractivity contribution is -0.146. The fourth-order valence-electron chi connectivity index (χ4n) is 4.15. The van der Waals surface area contributed by atoms with Crippen molar-refractivity contribution >= 4 is 11.8 Å². The first kappa shape index (κ1) is 23.0. The molecular weight excluding hydrogens is 395 g/mol. The van der Waals surface area contributed by atoms with Crippen molar-refractivity contribution in [1.29, 1.82) is 0 Å². The maximum absolute atomic E-state index is 13.3. The van der Waals surface area contributed by atoms with Crippen molar-refractivity contribution in [3.05, 3.63) is 59.3 Å². The molecule has 3 rings (SSSR count). The van der Waals surface area contributed by atoms with Crippen LogP contribution in [0.1, 0.15) is 63.0 Å². The molecule has 5 nitrogen and oxygen atoms in total. The fourth-order valence-corrected chi connectivity index (χ4v) is 4.15. The van der Waals surface area contributed by atoms with Crippen molar-refractivity contribution < 1.29 is 18.4 Å². The topological polar surface area (TPSA) is 53.8 Å². The third-order valence-electron chi connectivity index (χ3n) is 5.95. The van der Waals surface area contributed by atoms with E-state index in [2.05, 4.69) is 0 Å². The quantitative estimate of drug-likeness (QED) is 0.590. The molecule has 0 N–H and O–H groups in total. The van der Waals surface area contributed by atoms with Crippen molar-refractivity contribution in [1.82, 2.24) is 9.80 Å². The summed E-state index contributed by atoms with van der Waals surface area (Å²) in [4.78, 5) is 29.9. The van der Waals surface area contributed by atoms with Crippen molar-refractivity contribution in [2.75, 3.05) is 6.54 Å². The van der Waals surface area contributed by atoms with Crippen LogP contribution < -0.4 is 0 Å². The maximum Gasteiger partial charge on any atom is 0.242 e. The molecule has 0 unspecified atom stereocenters. The van der Waals surface area contributed by atoms with E-state index in [0.29, 0.717) is 18.8 Å². The van der Waals surface area contributed by atoms with Crippen molar-refractivity contribution in [3.8, 4) is 0 Å². The lowest BCUT2D eigenvalue weighted by Crippen LogP contribution is -2.47. The maximum atomic E-state index is 13.3. The van der Waals surface area contributed by atoms with Crippen molar-refractivity contribution in [3.63, 3.8) is 0 Å². The molecule has 1 aromatic carbocycles. The molecule has 2 aromatic rings. The molecule has 1 heterocycles. The van der Waals surface area contributed by atoms with Crippen LogP contribution in [0.4, 0.5) is 4.39 Å². The van der Waals surface area contributed by atoms with Crippen LogP contribution >= 0.6 is 0 Å². The van der Waals surface area contributed by atoms with Gasteiger partial charge in [-0.25, -0.2) is 4.39 Å². The van der Waals surface area contributed by atoms with Gasteiger partial charge < -0.3 is 14.2 Å². The summed E-state index contributed by atoms with van der Waals surface area (Å²) in [6.45, 7) is 6.42. The predicted molar refractivity (Wildman–Crippen MR) is 118 cm³/mol. The van der Waals surface area contributed by atoms with Crippen LogP contribution in [0.3, 0.4) is 0 Å². The Balaban J connectivity index is 1.75. The summed E-state index contributed by atoms with van der Waals surface area (Å²) in [5.74, 6) is 1.10. The van der Waals surface area contributed by atoms with E-state index in [1.54, 1.807) is 21.9 Å². The van der Waals surface area contributed by atoms with Crippen LogP contribution in [0.25, 0.3) is 0 Å². The first-order chi connectivity index (χ1) is 14.8. The number of aryl methyl sites for hydroxylation is 1. The molecule has 1 aliphatic carbocycles. The first-order valence-electron chi connectivity index (χ1n) is 11.2. The largest absolute Gasteiger partial charge is 0.464 e. The second-order valence-electron chi connectivity index (χ2n) is 8.78. The van der Waals surface area contributed by atoms with Crippen LogP contribution in [0.2, 0.25) is 0 Å². The van der Waals surface area contributed by atoms with Gasteiger partial charge in [-0.3, -0.25) is 9.59 Å². The van der Waals surface area contributed by atoms with E-state index in [0.717, 1.165) is 37.0 Å². The van der Waals surface area contributed by atoms with Gasteiger partial charge in [-0.1, -0.05) is 31.4 Å². The van der Waals surface area contributed by atoms with Crippen LogP contribution in [0.5, 0.6) is 0 Å². The zero-order valence-corrected chi connectivity index (χ0v) is 18.8. The van der Waals surface area contributed by atoms with E-state index in [1.165, 1.54) is 18.6 Å². The van der Waals surface area contributed by atoms with Gasteiger partial charge in [0.1, 0.15) is 23.9 Å². The Morgan fingerprint density at radius 2 is 1.71 bits per heavy atom. The monoisotopic (exact) mass is 428 g/mol. The van der Waals surface area contributed by atoms with Crippen molar-refractivity contribution in [2.45, 2.75) is 72.0 Å². The second-order valence-corrected chi connectivity index (χ2v) is 8.78. The molecule has 168 valence electrons. The molecule has 0 saturated heterocycles. The van der Waals surface area contributed by atoms with Gasteiger partial charge in [-0.05, 0) is 63.4 Å². The van der Waals surface area contributed by atoms with Crippen LogP contribution in [0.15, 0.2) is 40.8 Å². The van der Waals surface area contributed by atoms with E-state index in [-0.39, 0.29) is 36.1 Å². The Bertz CT molecular complexity index is 869. The standard InChI is InChI=1S/C25H33FN2O3/c1-18(2)28(25(30)21-7-5-4-6-8-21)17-24(29)27(16-23-14-9-19(3)31-23)15-20-10-12-22(26)13-11-20/h9-14,18,21H,4-8,15-17H2,1-3H3. The predicted octanol–water partition coefficient (Wildman–Crippen LogP) is 5.07. The molecule has 1 aliphatic rings. The number of benzene rings is 1. The SMILES string of the molecule is Cc1ccc(CN(Cc2ccc(F)cc2)C(=O)CN(C(=O)C2CCCCC2)C(C)C)o1. The highest BCUT2D eigenvalue weighted by Crippen LogP contribution is 2.26. The third kappa shape index (κ3) is 6.42. The van der Waals surface area contributed by atoms with Gasteiger partial charge in [0.2, 0.25) is 11.8 Å². The van der Waals surface area contributed by atoms with Crippen molar-refractivity contribution in [2.24, 2.45) is 5.92 Å². The number of amides is 2. The van der Waals surface area contributed by atoms with E-state index in [1.807, 2.05) is 32.9 Å². The number of halogens is 1. The number of hydrogen-bond donors (Lipinski definition) is 0. The summed E-state index contributed by atoms with van der Waals surface area (Å²) in [6, 6.07) is 9.80. The fraction of sp³-hybridized carbons (Fsp3) is 0.520. The first-order valence-corrected chi connectivity index (χ1v) is 11.2. The number of carbonyl (C=O) groups is 2. The van der Waals surface area contributed by atoms with E-state index >= 15 is 0 Å². The molecule has 6 heteroatoms. The van der Waals surface area contributed by atoms with E-state index in [9.17, 15) is 14.0 Å². The summed E-state index contributed by atoms with van der Waals surface area (Å²) in [5, 5.41) is 0. The van der Waals surface area contributed by atoms with E-state index in [4.69, 9.17) is 4.42 Å². The minimum absolute atomic E-state index is 0.0159. The summed E-state index contributed by atoms with van der Waals surface area (Å²) in [7, 11) is 0. The average Bonchev–Trinajstić information content (AvgIpc) is 3.17. The summed E-state index contributed by atoms with van der Waals surface area (Å²) >= 11 is 0. The van der Waals surface area contributed by atoms with Gasteiger partial charge in [-0.2, -0.15) is 0 Å². The molecule has 0 spiro atoms. The van der Waals surface area contributed by atoms with Gasteiger partial charge in [0, 0.05) is 18.5 Å². The Labute approximate surface area is 184 Å². The lowest BCUT2D eigenvalue weighted by Gasteiger charge is -2.33. The summed E-state index contributed by atoms with van der Waals surface area (Å²) in [6.07, 6.45) is 5.14. The smallest absolute Gasteiger partial charge is 0.242 e. The van der Waals surface area contributed by atoms with Gasteiger partial charge in [-0.15, -0.1) is 0 Å². The minimum atomic E-state index is -0.313. The van der Waals surface area contributed by atoms with E-state index < -0.39 is 0 Å². The van der Waals surface area contributed by atoms with Gasteiger partial charge in [0.15, 0.2) is 0 Å². The Morgan fingerprint density at radius 1 is 1.03 bits per heavy atom. The lowest BCUT2D eigenvalue weighted by atomic mass is 9.88. The Hall–Kier alpha value is -2.63. The molecule has 2 amide bonds. The summed E-state index contributed by atoms with van der Waals surface area (Å²) < 4.78 is 19.0. The van der Waals surface area contributed by atoms with Crippen LogP contribution in [0, 0.1) is 18.7 Å². The Morgan fingerprint density at radius 3 is 2.29 bits per heavy atom. The highest BCUT2D eigenvalue weighted by Gasteiger charge is 2.30. The normalized spacial score (nSPS) is 14.6.